The van der Waals surface area contributed by atoms with Crippen LogP contribution in [0.4, 0.5) is 4.39 Å². The molecule has 1 aromatic carbocycles. The molecule has 0 aromatic heterocycles. The highest BCUT2D eigenvalue weighted by molar-refractivity contribution is 14.0. The summed E-state index contributed by atoms with van der Waals surface area (Å²) in [7, 11) is 1.77. The fourth-order valence-electron chi connectivity index (χ4n) is 2.90. The van der Waals surface area contributed by atoms with E-state index >= 15 is 0 Å². The van der Waals surface area contributed by atoms with Crippen LogP contribution in [-0.2, 0) is 6.54 Å². The van der Waals surface area contributed by atoms with Crippen molar-refractivity contribution in [2.24, 2.45) is 4.99 Å². The molecule has 0 spiro atoms. The largest absolute Gasteiger partial charge is 0.354 e. The van der Waals surface area contributed by atoms with Crippen LogP contribution in [-0.4, -0.2) is 43.6 Å². The Labute approximate surface area is 169 Å². The third-order valence-corrected chi connectivity index (χ3v) is 4.53. The Morgan fingerprint density at radius 1 is 1.33 bits per heavy atom. The van der Waals surface area contributed by atoms with E-state index in [1.165, 1.54) is 25.1 Å². The monoisotopic (exact) mass is 512 g/mol. The first-order chi connectivity index (χ1) is 11.1. The average Bonchev–Trinajstić information content (AvgIpc) is 2.52. The molecule has 4 nitrogen and oxygen atoms in total. The van der Waals surface area contributed by atoms with Gasteiger partial charge in [-0.1, -0.05) is 22.9 Å². The molecule has 1 aliphatic heterocycles. The molecule has 0 radical (unpaired) electrons. The highest BCUT2D eigenvalue weighted by Crippen LogP contribution is 2.15. The number of hydrogen-bond acceptors (Lipinski definition) is 2. The Hall–Kier alpha value is -0.410. The van der Waals surface area contributed by atoms with Crippen molar-refractivity contribution in [3.8, 4) is 0 Å². The van der Waals surface area contributed by atoms with Gasteiger partial charge in [-0.2, -0.15) is 0 Å². The lowest BCUT2D eigenvalue weighted by atomic mass is 10.1. The molecule has 1 saturated heterocycles. The van der Waals surface area contributed by atoms with E-state index in [9.17, 15) is 4.39 Å². The number of hydrogen-bond donors (Lipinski definition) is 2. The number of piperidine rings is 1. The zero-order chi connectivity index (χ0) is 16.7. The maximum Gasteiger partial charge on any atom is 0.191 e. The molecule has 0 aliphatic carbocycles. The molecule has 1 aromatic rings. The third kappa shape index (κ3) is 7.23. The van der Waals surface area contributed by atoms with E-state index < -0.39 is 0 Å². The van der Waals surface area contributed by atoms with Gasteiger partial charge in [0.2, 0.25) is 0 Å². The Bertz CT molecular complexity index is 513. The molecule has 0 unspecified atom stereocenters. The van der Waals surface area contributed by atoms with Crippen molar-refractivity contribution in [2.45, 2.75) is 38.8 Å². The summed E-state index contributed by atoms with van der Waals surface area (Å²) < 4.78 is 14.1. The van der Waals surface area contributed by atoms with Gasteiger partial charge in [-0.3, -0.25) is 4.99 Å². The Kier molecular flexibility index (Phi) is 10.1. The standard InChI is InChI=1S/C17H26BrFN4.HI/c1-3-6-23-7-4-16(5-8-23)22-17(20-2)21-12-13-9-14(18)11-15(19)10-13;/h9-11,16H,3-8,12H2,1-2H3,(H2,20,21,22);1H. The SMILES string of the molecule is CCCN1CCC(NC(=NC)NCc2cc(F)cc(Br)c2)CC1.I. The van der Waals surface area contributed by atoms with Crippen LogP contribution < -0.4 is 10.6 Å². The highest BCUT2D eigenvalue weighted by Gasteiger charge is 2.19. The molecule has 1 fully saturated rings. The lowest BCUT2D eigenvalue weighted by Crippen LogP contribution is -2.48. The fourth-order valence-corrected chi connectivity index (χ4v) is 3.42. The van der Waals surface area contributed by atoms with Gasteiger partial charge in [-0.25, -0.2) is 4.39 Å². The zero-order valence-corrected chi connectivity index (χ0v) is 18.2. The first-order valence-corrected chi connectivity index (χ1v) is 9.04. The molecule has 0 amide bonds. The van der Waals surface area contributed by atoms with E-state index in [2.05, 4.69) is 43.4 Å². The van der Waals surface area contributed by atoms with Crippen LogP contribution in [0.2, 0.25) is 0 Å². The number of nitrogens with one attached hydrogen (secondary N) is 2. The van der Waals surface area contributed by atoms with Crippen molar-refractivity contribution >= 4 is 45.9 Å². The first kappa shape index (κ1) is 21.6. The van der Waals surface area contributed by atoms with Crippen molar-refractivity contribution in [3.63, 3.8) is 0 Å². The molecule has 24 heavy (non-hydrogen) atoms. The molecular weight excluding hydrogens is 486 g/mol. The van der Waals surface area contributed by atoms with E-state index in [0.717, 1.165) is 41.9 Å². The van der Waals surface area contributed by atoms with E-state index in [-0.39, 0.29) is 29.8 Å². The van der Waals surface area contributed by atoms with E-state index in [1.807, 2.05) is 6.07 Å². The van der Waals surface area contributed by atoms with Gasteiger partial charge in [0, 0.05) is 37.2 Å². The number of halogens is 3. The summed E-state index contributed by atoms with van der Waals surface area (Å²) in [5.41, 5.74) is 0.887. The maximum atomic E-state index is 13.4. The molecule has 0 saturated carbocycles. The Balaban J connectivity index is 0.00000288. The van der Waals surface area contributed by atoms with E-state index in [0.29, 0.717) is 12.6 Å². The number of nitrogens with zero attached hydrogens (tertiary/aromatic N) is 2. The van der Waals surface area contributed by atoms with Crippen LogP contribution in [0.3, 0.4) is 0 Å². The summed E-state index contributed by atoms with van der Waals surface area (Å²) in [6.07, 6.45) is 3.48. The van der Waals surface area contributed by atoms with Crippen molar-refractivity contribution in [3.05, 3.63) is 34.1 Å². The molecule has 0 atom stereocenters. The topological polar surface area (TPSA) is 39.7 Å². The predicted molar refractivity (Wildman–Crippen MR) is 113 cm³/mol. The molecule has 1 aliphatic rings. The molecule has 0 bridgehead atoms. The van der Waals surface area contributed by atoms with Gasteiger partial charge in [-0.05, 0) is 49.6 Å². The van der Waals surface area contributed by atoms with Crippen LogP contribution in [0.25, 0.3) is 0 Å². The number of likely N-dealkylation sites (tertiary alicyclic amines) is 1. The second-order valence-electron chi connectivity index (χ2n) is 5.96. The second kappa shape index (κ2) is 11.3. The van der Waals surface area contributed by atoms with Crippen LogP contribution in [0.1, 0.15) is 31.7 Å². The second-order valence-corrected chi connectivity index (χ2v) is 6.88. The van der Waals surface area contributed by atoms with Crippen LogP contribution in [0.15, 0.2) is 27.7 Å². The molecule has 136 valence electrons. The van der Waals surface area contributed by atoms with Crippen molar-refractivity contribution < 1.29 is 4.39 Å². The van der Waals surface area contributed by atoms with Gasteiger partial charge in [0.1, 0.15) is 5.82 Å². The molecule has 2 N–H and O–H groups in total. The predicted octanol–water partition coefficient (Wildman–Crippen LogP) is 3.75. The van der Waals surface area contributed by atoms with Gasteiger partial charge >= 0.3 is 0 Å². The highest BCUT2D eigenvalue weighted by atomic mass is 127. The summed E-state index contributed by atoms with van der Waals surface area (Å²) in [6.45, 7) is 6.23. The lowest BCUT2D eigenvalue weighted by molar-refractivity contribution is 0.206. The molecular formula is C17H27BrFIN4. The normalized spacial score (nSPS) is 16.6. The molecule has 1 heterocycles. The first-order valence-electron chi connectivity index (χ1n) is 8.25. The smallest absolute Gasteiger partial charge is 0.191 e. The number of aliphatic imine (C=N–C) groups is 1. The van der Waals surface area contributed by atoms with Crippen LogP contribution >= 0.6 is 39.9 Å². The maximum absolute atomic E-state index is 13.4. The number of rotatable bonds is 5. The zero-order valence-electron chi connectivity index (χ0n) is 14.3. The minimum Gasteiger partial charge on any atom is -0.354 e. The number of benzene rings is 1. The average molecular weight is 513 g/mol. The van der Waals surface area contributed by atoms with Gasteiger partial charge in [0.25, 0.3) is 0 Å². The summed E-state index contributed by atoms with van der Waals surface area (Å²) in [4.78, 5) is 6.79. The quantitative estimate of drug-likeness (QED) is 0.358. The summed E-state index contributed by atoms with van der Waals surface area (Å²) in [5, 5.41) is 6.74. The van der Waals surface area contributed by atoms with Gasteiger partial charge in [-0.15, -0.1) is 24.0 Å². The van der Waals surface area contributed by atoms with E-state index in [1.54, 1.807) is 7.05 Å². The fraction of sp³-hybridized carbons (Fsp3) is 0.588. The Morgan fingerprint density at radius 3 is 2.62 bits per heavy atom. The van der Waals surface area contributed by atoms with Crippen molar-refractivity contribution in [1.29, 1.82) is 0 Å². The van der Waals surface area contributed by atoms with Gasteiger partial charge in [0.15, 0.2) is 5.96 Å². The summed E-state index contributed by atoms with van der Waals surface area (Å²) in [6, 6.07) is 5.36. The third-order valence-electron chi connectivity index (χ3n) is 4.07. The van der Waals surface area contributed by atoms with Crippen LogP contribution in [0, 0.1) is 5.82 Å². The minimum atomic E-state index is -0.234. The van der Waals surface area contributed by atoms with Gasteiger partial charge < -0.3 is 15.5 Å². The number of guanidine groups is 1. The van der Waals surface area contributed by atoms with Crippen molar-refractivity contribution in [1.82, 2.24) is 15.5 Å². The Morgan fingerprint density at radius 2 is 2.04 bits per heavy atom. The van der Waals surface area contributed by atoms with Crippen molar-refractivity contribution in [2.75, 3.05) is 26.7 Å². The summed E-state index contributed by atoms with van der Waals surface area (Å²) in [5.74, 6) is 0.543. The van der Waals surface area contributed by atoms with Crippen LogP contribution in [0.5, 0.6) is 0 Å². The van der Waals surface area contributed by atoms with Gasteiger partial charge in [0.05, 0.1) is 0 Å². The summed E-state index contributed by atoms with van der Waals surface area (Å²) >= 11 is 3.32. The minimum absolute atomic E-state index is 0. The van der Waals surface area contributed by atoms with E-state index in [4.69, 9.17) is 0 Å². The lowest BCUT2D eigenvalue weighted by Gasteiger charge is -2.32. The molecule has 2 rings (SSSR count). The molecule has 7 heteroatoms.